The van der Waals surface area contributed by atoms with E-state index in [1.165, 1.54) is 0 Å². The number of nitrogens with zero attached hydrogens (tertiary/aromatic N) is 2. The summed E-state index contributed by atoms with van der Waals surface area (Å²) < 4.78 is 0. The molecule has 0 fully saturated rings. The van der Waals surface area contributed by atoms with Crippen LogP contribution < -0.4 is 5.73 Å². The van der Waals surface area contributed by atoms with Crippen molar-refractivity contribution in [1.82, 2.24) is 4.90 Å². The van der Waals surface area contributed by atoms with Gasteiger partial charge in [-0.25, -0.2) is 0 Å². The van der Waals surface area contributed by atoms with Crippen molar-refractivity contribution in [3.8, 4) is 0 Å². The monoisotopic (exact) mass is 339 g/mol. The Hall–Kier alpha value is -1.75. The Morgan fingerprint density at radius 1 is 1.17 bits per heavy atom. The van der Waals surface area contributed by atoms with E-state index in [0.717, 1.165) is 0 Å². The van der Waals surface area contributed by atoms with Crippen molar-refractivity contribution in [2.45, 2.75) is 27.7 Å². The van der Waals surface area contributed by atoms with Crippen LogP contribution in [0.3, 0.4) is 0 Å². The van der Waals surface area contributed by atoms with Gasteiger partial charge in [-0.3, -0.25) is 4.79 Å². The first-order chi connectivity index (χ1) is 10.8. The summed E-state index contributed by atoms with van der Waals surface area (Å²) in [6.45, 7) is 9.62. The molecule has 23 heavy (non-hydrogen) atoms. The molecule has 0 aromatic heterocycles. The van der Waals surface area contributed by atoms with Crippen LogP contribution in [0.25, 0.3) is 0 Å². The van der Waals surface area contributed by atoms with Gasteiger partial charge in [0.05, 0.1) is 0 Å². The number of nitrogens with two attached hydrogens (primary N) is 1. The molecule has 0 heterocycles. The van der Waals surface area contributed by atoms with E-state index >= 15 is 0 Å². The Morgan fingerprint density at radius 2 is 1.70 bits per heavy atom. The number of amidine groups is 1. The van der Waals surface area contributed by atoms with Crippen LogP contribution in [-0.4, -0.2) is 36.3 Å². The molecule has 0 aliphatic heterocycles. The SMILES string of the molecule is CC(C)CN(CC(C)C)C(=O)CO/N=C(\N)c1ccc(Cl)cc1. The Balaban J connectivity index is 2.58. The fourth-order valence-electron chi connectivity index (χ4n) is 2.08. The quantitative estimate of drug-likeness (QED) is 0.449. The van der Waals surface area contributed by atoms with Gasteiger partial charge in [0.1, 0.15) is 0 Å². The normalized spacial score (nSPS) is 11.9. The summed E-state index contributed by atoms with van der Waals surface area (Å²) >= 11 is 5.82. The first kappa shape index (κ1) is 19.3. The molecular weight excluding hydrogens is 314 g/mol. The minimum absolute atomic E-state index is 0.0833. The Kier molecular flexibility index (Phi) is 7.89. The van der Waals surface area contributed by atoms with Crippen LogP contribution in [0.4, 0.5) is 0 Å². The van der Waals surface area contributed by atoms with E-state index in [0.29, 0.717) is 35.5 Å². The molecule has 1 amide bonds. The van der Waals surface area contributed by atoms with Gasteiger partial charge in [-0.05, 0) is 36.1 Å². The maximum atomic E-state index is 12.3. The third-order valence-electron chi connectivity index (χ3n) is 3.01. The zero-order chi connectivity index (χ0) is 17.4. The summed E-state index contributed by atoms with van der Waals surface area (Å²) in [4.78, 5) is 19.2. The number of rotatable bonds is 8. The number of halogens is 1. The second-order valence-corrected chi connectivity index (χ2v) is 6.78. The number of amides is 1. The molecule has 0 bridgehead atoms. The van der Waals surface area contributed by atoms with E-state index in [4.69, 9.17) is 22.2 Å². The predicted molar refractivity (Wildman–Crippen MR) is 94.4 cm³/mol. The molecule has 0 aliphatic carbocycles. The van der Waals surface area contributed by atoms with E-state index in [1.54, 1.807) is 24.3 Å². The lowest BCUT2D eigenvalue weighted by atomic mass is 10.1. The minimum Gasteiger partial charge on any atom is -0.384 e. The molecular formula is C17H26ClN3O2. The first-order valence-electron chi connectivity index (χ1n) is 7.78. The molecule has 5 nitrogen and oxygen atoms in total. The zero-order valence-electron chi connectivity index (χ0n) is 14.3. The van der Waals surface area contributed by atoms with Gasteiger partial charge in [-0.15, -0.1) is 0 Å². The number of hydrogen-bond acceptors (Lipinski definition) is 3. The molecule has 1 aromatic rings. The van der Waals surface area contributed by atoms with Gasteiger partial charge >= 0.3 is 0 Å². The second kappa shape index (κ2) is 9.40. The molecule has 128 valence electrons. The van der Waals surface area contributed by atoms with Crippen molar-refractivity contribution in [2.24, 2.45) is 22.7 Å². The summed E-state index contributed by atoms with van der Waals surface area (Å²) in [5.74, 6) is 0.939. The van der Waals surface area contributed by atoms with Crippen molar-refractivity contribution in [1.29, 1.82) is 0 Å². The van der Waals surface area contributed by atoms with E-state index in [-0.39, 0.29) is 18.3 Å². The topological polar surface area (TPSA) is 67.9 Å². The Bertz CT molecular complexity index is 517. The molecule has 0 unspecified atom stereocenters. The third-order valence-corrected chi connectivity index (χ3v) is 3.27. The van der Waals surface area contributed by atoms with E-state index in [2.05, 4.69) is 32.9 Å². The van der Waals surface area contributed by atoms with Crippen LogP contribution in [0.15, 0.2) is 29.4 Å². The van der Waals surface area contributed by atoms with E-state index < -0.39 is 0 Å². The number of benzene rings is 1. The predicted octanol–water partition coefficient (Wildman–Crippen LogP) is 3.12. The number of oxime groups is 1. The smallest absolute Gasteiger partial charge is 0.263 e. The molecule has 0 saturated heterocycles. The summed E-state index contributed by atoms with van der Waals surface area (Å²) in [6.07, 6.45) is 0. The summed E-state index contributed by atoms with van der Waals surface area (Å²) in [7, 11) is 0. The van der Waals surface area contributed by atoms with E-state index in [1.807, 2.05) is 4.90 Å². The highest BCUT2D eigenvalue weighted by Gasteiger charge is 2.16. The largest absolute Gasteiger partial charge is 0.384 e. The van der Waals surface area contributed by atoms with Crippen molar-refractivity contribution in [3.63, 3.8) is 0 Å². The highest BCUT2D eigenvalue weighted by molar-refractivity contribution is 6.30. The number of carbonyl (C=O) groups excluding carboxylic acids is 1. The average Bonchev–Trinajstić information content (AvgIpc) is 2.46. The lowest BCUT2D eigenvalue weighted by molar-refractivity contribution is -0.137. The third kappa shape index (κ3) is 7.37. The molecule has 0 spiro atoms. The van der Waals surface area contributed by atoms with Crippen molar-refractivity contribution >= 4 is 23.3 Å². The van der Waals surface area contributed by atoms with Gasteiger partial charge < -0.3 is 15.5 Å². The fraction of sp³-hybridized carbons (Fsp3) is 0.529. The summed E-state index contributed by atoms with van der Waals surface area (Å²) in [5.41, 5.74) is 6.52. The molecule has 1 aromatic carbocycles. The van der Waals surface area contributed by atoms with Crippen molar-refractivity contribution < 1.29 is 9.63 Å². The van der Waals surface area contributed by atoms with E-state index in [9.17, 15) is 4.79 Å². The van der Waals surface area contributed by atoms with Crippen LogP contribution in [0.2, 0.25) is 5.02 Å². The highest BCUT2D eigenvalue weighted by atomic mass is 35.5. The van der Waals surface area contributed by atoms with Gasteiger partial charge in [0.15, 0.2) is 12.4 Å². The average molecular weight is 340 g/mol. The van der Waals surface area contributed by atoms with Crippen LogP contribution in [0.5, 0.6) is 0 Å². The molecule has 6 heteroatoms. The molecule has 0 saturated carbocycles. The minimum atomic E-state index is -0.117. The molecule has 1 rings (SSSR count). The van der Waals surface area contributed by atoms with Gasteiger partial charge in [0.25, 0.3) is 5.91 Å². The standard InChI is InChI=1S/C17H26ClN3O2/c1-12(2)9-21(10-13(3)4)16(22)11-23-20-17(19)14-5-7-15(18)8-6-14/h5-8,12-13H,9-11H2,1-4H3,(H2,19,20). The molecule has 0 radical (unpaired) electrons. The summed E-state index contributed by atoms with van der Waals surface area (Å²) in [6, 6.07) is 6.93. The zero-order valence-corrected chi connectivity index (χ0v) is 15.0. The number of hydrogen-bond donors (Lipinski definition) is 1. The Labute approximate surface area is 143 Å². The summed E-state index contributed by atoms with van der Waals surface area (Å²) in [5, 5.41) is 4.43. The number of carbonyl (C=O) groups is 1. The Morgan fingerprint density at radius 3 is 2.17 bits per heavy atom. The molecule has 2 N–H and O–H groups in total. The highest BCUT2D eigenvalue weighted by Crippen LogP contribution is 2.09. The molecule has 0 atom stereocenters. The fourth-order valence-corrected chi connectivity index (χ4v) is 2.21. The van der Waals surface area contributed by atoms with Crippen LogP contribution in [0.1, 0.15) is 33.3 Å². The van der Waals surface area contributed by atoms with Gasteiger partial charge in [0, 0.05) is 23.7 Å². The van der Waals surface area contributed by atoms with Gasteiger partial charge in [0.2, 0.25) is 0 Å². The second-order valence-electron chi connectivity index (χ2n) is 6.34. The van der Waals surface area contributed by atoms with Gasteiger partial charge in [-0.1, -0.05) is 44.5 Å². The first-order valence-corrected chi connectivity index (χ1v) is 8.16. The van der Waals surface area contributed by atoms with Crippen LogP contribution in [-0.2, 0) is 9.63 Å². The maximum absolute atomic E-state index is 12.3. The van der Waals surface area contributed by atoms with Crippen molar-refractivity contribution in [3.05, 3.63) is 34.9 Å². The maximum Gasteiger partial charge on any atom is 0.263 e. The van der Waals surface area contributed by atoms with Crippen molar-refractivity contribution in [2.75, 3.05) is 19.7 Å². The molecule has 0 aliphatic rings. The lowest BCUT2D eigenvalue weighted by Crippen LogP contribution is -2.39. The van der Waals surface area contributed by atoms with Gasteiger partial charge in [-0.2, -0.15) is 0 Å². The lowest BCUT2D eigenvalue weighted by Gasteiger charge is -2.25. The van der Waals surface area contributed by atoms with Crippen LogP contribution in [0, 0.1) is 11.8 Å². The van der Waals surface area contributed by atoms with Crippen LogP contribution >= 0.6 is 11.6 Å².